The number of hydrogen-bond donors (Lipinski definition) is 1. The quantitative estimate of drug-likeness (QED) is 0.661. The second-order valence-corrected chi connectivity index (χ2v) is 7.09. The van der Waals surface area contributed by atoms with Gasteiger partial charge < -0.3 is 10.2 Å². The van der Waals surface area contributed by atoms with Gasteiger partial charge in [-0.3, -0.25) is 9.59 Å². The lowest BCUT2D eigenvalue weighted by Gasteiger charge is -2.31. The molecule has 0 aromatic heterocycles. The molecule has 0 bridgehead atoms. The Bertz CT molecular complexity index is 593. The molecular weight excluding hydrogens is 359 g/mol. The number of benzene rings is 1. The lowest BCUT2D eigenvalue weighted by molar-refractivity contribution is -0.141. The molecule has 140 valence electrons. The van der Waals surface area contributed by atoms with Crippen LogP contribution in [0, 0.1) is 0 Å². The molecule has 0 radical (unpaired) electrons. The molecule has 0 saturated carbocycles. The molecule has 1 aromatic rings. The Morgan fingerprint density at radius 2 is 1.84 bits per heavy atom. The van der Waals surface area contributed by atoms with Gasteiger partial charge >= 0.3 is 0 Å². The van der Waals surface area contributed by atoms with Crippen molar-refractivity contribution in [2.75, 3.05) is 0 Å². The zero-order valence-electron chi connectivity index (χ0n) is 15.4. The van der Waals surface area contributed by atoms with Gasteiger partial charge in [0.15, 0.2) is 0 Å². The maximum Gasteiger partial charge on any atom is 0.243 e. The summed E-state index contributed by atoms with van der Waals surface area (Å²) in [7, 11) is 0. The molecule has 1 rings (SSSR count). The summed E-state index contributed by atoms with van der Waals surface area (Å²) in [6.45, 7) is 8.13. The highest BCUT2D eigenvalue weighted by atomic mass is 35.5. The van der Waals surface area contributed by atoms with E-state index in [-0.39, 0.29) is 17.9 Å². The number of rotatable bonds is 9. The van der Waals surface area contributed by atoms with Crippen molar-refractivity contribution >= 4 is 35.0 Å². The van der Waals surface area contributed by atoms with Crippen LogP contribution in [0.5, 0.6) is 0 Å². The third-order valence-electron chi connectivity index (χ3n) is 4.21. The summed E-state index contributed by atoms with van der Waals surface area (Å²) in [5, 5.41) is 4.02. The second kappa shape index (κ2) is 10.7. The van der Waals surface area contributed by atoms with Crippen molar-refractivity contribution in [3.8, 4) is 0 Å². The molecule has 0 aliphatic heterocycles. The van der Waals surface area contributed by atoms with Gasteiger partial charge in [0.1, 0.15) is 6.04 Å². The molecular formula is C19H28Cl2N2O2. The Morgan fingerprint density at radius 1 is 1.16 bits per heavy atom. The summed E-state index contributed by atoms with van der Waals surface area (Å²) in [5.41, 5.74) is 0.783. The van der Waals surface area contributed by atoms with Crippen molar-refractivity contribution in [2.24, 2.45) is 0 Å². The van der Waals surface area contributed by atoms with E-state index in [9.17, 15) is 9.59 Å². The normalized spacial score (nSPS) is 13.2. The van der Waals surface area contributed by atoms with E-state index in [0.717, 1.165) is 18.4 Å². The highest BCUT2D eigenvalue weighted by Crippen LogP contribution is 2.24. The molecule has 0 saturated heterocycles. The highest BCUT2D eigenvalue weighted by Gasteiger charge is 2.29. The molecule has 0 aliphatic carbocycles. The van der Waals surface area contributed by atoms with Crippen LogP contribution in [0.15, 0.2) is 18.2 Å². The fourth-order valence-corrected chi connectivity index (χ4v) is 3.02. The van der Waals surface area contributed by atoms with Crippen molar-refractivity contribution in [1.29, 1.82) is 0 Å². The number of nitrogens with one attached hydrogen (secondary N) is 1. The monoisotopic (exact) mass is 386 g/mol. The standard InChI is InChI=1S/C19H28Cl2N2O2/c1-5-8-18(24)23(12-14-9-10-15(20)11-16(14)21)17(7-3)19(25)22-13(4)6-2/h9-11,13,17H,5-8,12H2,1-4H3,(H,22,25)/t13-,17-/m0/s1. The zero-order chi connectivity index (χ0) is 19.0. The van der Waals surface area contributed by atoms with Crippen molar-refractivity contribution in [1.82, 2.24) is 10.2 Å². The first-order valence-corrected chi connectivity index (χ1v) is 9.63. The molecule has 0 fully saturated rings. The van der Waals surface area contributed by atoms with E-state index >= 15 is 0 Å². The SMILES string of the molecule is CCCC(=O)N(Cc1ccc(Cl)cc1Cl)[C@@H](CC)C(=O)N[C@@H](C)CC. The molecule has 0 unspecified atom stereocenters. The number of carbonyl (C=O) groups excluding carboxylic acids is 2. The Morgan fingerprint density at radius 3 is 2.36 bits per heavy atom. The minimum Gasteiger partial charge on any atom is -0.352 e. The average molecular weight is 387 g/mol. The van der Waals surface area contributed by atoms with E-state index in [4.69, 9.17) is 23.2 Å². The van der Waals surface area contributed by atoms with Crippen LogP contribution in [-0.4, -0.2) is 28.8 Å². The third kappa shape index (κ3) is 6.52. The summed E-state index contributed by atoms with van der Waals surface area (Å²) < 4.78 is 0. The van der Waals surface area contributed by atoms with Gasteiger partial charge in [0.2, 0.25) is 11.8 Å². The molecule has 25 heavy (non-hydrogen) atoms. The lowest BCUT2D eigenvalue weighted by atomic mass is 10.1. The first-order chi connectivity index (χ1) is 11.8. The van der Waals surface area contributed by atoms with Crippen LogP contribution in [0.2, 0.25) is 10.0 Å². The summed E-state index contributed by atoms with van der Waals surface area (Å²) in [5.74, 6) is -0.161. The van der Waals surface area contributed by atoms with E-state index in [1.165, 1.54) is 0 Å². The van der Waals surface area contributed by atoms with Crippen LogP contribution in [0.1, 0.15) is 58.9 Å². The van der Waals surface area contributed by atoms with Crippen molar-refractivity contribution < 1.29 is 9.59 Å². The predicted octanol–water partition coefficient (Wildman–Crippen LogP) is 4.82. The van der Waals surface area contributed by atoms with Crippen molar-refractivity contribution in [2.45, 2.75) is 72.0 Å². The zero-order valence-corrected chi connectivity index (χ0v) is 17.0. The first-order valence-electron chi connectivity index (χ1n) is 8.87. The molecule has 2 amide bonds. The molecule has 0 heterocycles. The summed E-state index contributed by atoms with van der Waals surface area (Å²) in [6.07, 6.45) is 2.52. The van der Waals surface area contributed by atoms with Crippen LogP contribution < -0.4 is 5.32 Å². The largest absolute Gasteiger partial charge is 0.352 e. The second-order valence-electron chi connectivity index (χ2n) is 6.25. The van der Waals surface area contributed by atoms with Gasteiger partial charge in [-0.05, 0) is 43.9 Å². The molecule has 0 aliphatic rings. The number of carbonyl (C=O) groups is 2. The van der Waals surface area contributed by atoms with E-state index in [0.29, 0.717) is 29.4 Å². The minimum atomic E-state index is -0.514. The van der Waals surface area contributed by atoms with Gasteiger partial charge in [-0.15, -0.1) is 0 Å². The van der Waals surface area contributed by atoms with Gasteiger partial charge in [0, 0.05) is 29.1 Å². The fourth-order valence-electron chi connectivity index (χ4n) is 2.55. The topological polar surface area (TPSA) is 49.4 Å². The molecule has 2 atom stereocenters. The summed E-state index contributed by atoms with van der Waals surface area (Å²) >= 11 is 12.2. The summed E-state index contributed by atoms with van der Waals surface area (Å²) in [4.78, 5) is 27.0. The minimum absolute atomic E-state index is 0.0420. The Kier molecular flexibility index (Phi) is 9.30. The van der Waals surface area contributed by atoms with E-state index in [1.54, 1.807) is 23.1 Å². The van der Waals surface area contributed by atoms with Gasteiger partial charge in [-0.25, -0.2) is 0 Å². The molecule has 6 heteroatoms. The predicted molar refractivity (Wildman–Crippen MR) is 104 cm³/mol. The van der Waals surface area contributed by atoms with Gasteiger partial charge in [-0.2, -0.15) is 0 Å². The van der Waals surface area contributed by atoms with E-state index in [2.05, 4.69) is 5.32 Å². The van der Waals surface area contributed by atoms with Crippen LogP contribution in [0.25, 0.3) is 0 Å². The van der Waals surface area contributed by atoms with E-state index < -0.39 is 6.04 Å². The first kappa shape index (κ1) is 21.8. The lowest BCUT2D eigenvalue weighted by Crippen LogP contribution is -2.50. The molecule has 1 aromatic carbocycles. The van der Waals surface area contributed by atoms with Crippen molar-refractivity contribution in [3.63, 3.8) is 0 Å². The number of hydrogen-bond acceptors (Lipinski definition) is 2. The van der Waals surface area contributed by atoms with E-state index in [1.807, 2.05) is 27.7 Å². The van der Waals surface area contributed by atoms with Crippen LogP contribution in [-0.2, 0) is 16.1 Å². The van der Waals surface area contributed by atoms with Crippen LogP contribution in [0.4, 0.5) is 0 Å². The number of amides is 2. The number of halogens is 2. The smallest absolute Gasteiger partial charge is 0.243 e. The Hall–Kier alpha value is -1.26. The number of nitrogens with zero attached hydrogens (tertiary/aromatic N) is 1. The van der Waals surface area contributed by atoms with Gasteiger partial charge in [0.05, 0.1) is 0 Å². The maximum absolute atomic E-state index is 12.7. The Labute approximate surface area is 160 Å². The van der Waals surface area contributed by atoms with Crippen LogP contribution in [0.3, 0.4) is 0 Å². The highest BCUT2D eigenvalue weighted by molar-refractivity contribution is 6.35. The molecule has 0 spiro atoms. The maximum atomic E-state index is 12.7. The van der Waals surface area contributed by atoms with Crippen LogP contribution >= 0.6 is 23.2 Å². The van der Waals surface area contributed by atoms with Gasteiger partial charge in [-0.1, -0.05) is 50.0 Å². The molecule has 4 nitrogen and oxygen atoms in total. The van der Waals surface area contributed by atoms with Crippen molar-refractivity contribution in [3.05, 3.63) is 33.8 Å². The van der Waals surface area contributed by atoms with Gasteiger partial charge in [0.25, 0.3) is 0 Å². The average Bonchev–Trinajstić information content (AvgIpc) is 2.56. The Balaban J connectivity index is 3.08. The fraction of sp³-hybridized carbons (Fsp3) is 0.579. The molecule has 1 N–H and O–H groups in total. The summed E-state index contributed by atoms with van der Waals surface area (Å²) in [6, 6.07) is 4.76. The third-order valence-corrected chi connectivity index (χ3v) is 4.79.